The van der Waals surface area contributed by atoms with Crippen molar-refractivity contribution in [2.45, 2.75) is 81.6 Å². The molecule has 0 aromatic heterocycles. The molecule has 2 nitrogen and oxygen atoms in total. The molecule has 210 valence electrons. The summed E-state index contributed by atoms with van der Waals surface area (Å²) in [6, 6.07) is 0. The molecule has 0 aromatic rings. The minimum absolute atomic E-state index is 0.277. The molecule has 1 aliphatic carbocycles. The van der Waals surface area contributed by atoms with Crippen LogP contribution in [-0.4, -0.2) is 12.6 Å². The van der Waals surface area contributed by atoms with Crippen molar-refractivity contribution in [3.8, 4) is 0 Å². The number of allylic oxidation sites excluding steroid dienone is 21. The van der Waals surface area contributed by atoms with Gasteiger partial charge in [0.15, 0.2) is 0 Å². The fourth-order valence-electron chi connectivity index (χ4n) is 4.22. The average Bonchev–Trinajstić information content (AvgIpc) is 2.86. The molecular weight excluding hydrogens is 476 g/mol. The lowest BCUT2D eigenvalue weighted by atomic mass is 9.72. The molecule has 0 radical (unpaired) electrons. The van der Waals surface area contributed by atoms with E-state index in [1.807, 2.05) is 31.2 Å². The summed E-state index contributed by atoms with van der Waals surface area (Å²) in [6.45, 7) is 19.3. The lowest BCUT2D eigenvalue weighted by Gasteiger charge is -2.32. The van der Waals surface area contributed by atoms with Crippen LogP contribution in [0.25, 0.3) is 0 Å². The van der Waals surface area contributed by atoms with Crippen molar-refractivity contribution in [3.63, 3.8) is 0 Å². The molecule has 0 spiro atoms. The fraction of sp³-hybridized carbons (Fsp3) is 0.378. The molecule has 0 saturated heterocycles. The van der Waals surface area contributed by atoms with Crippen LogP contribution in [0.1, 0.15) is 81.6 Å². The standard InChI is InChI=1S/C37H50O2/c1-10-39-36(38)34(7)24-15-23-31(4)21-13-19-29(2)17-11-12-18-30(3)20-14-22-32(5)26-27-35-33(6)25-16-28-37(35,8)9/h11-15,17-24,26-27H,10,16,25,28H2,1-9H3/b12-11+,19-13+,20-14+,23-15+,27-26+,29-17+,30-18+,31-21+,32-22+,34-24+. The lowest BCUT2D eigenvalue weighted by molar-refractivity contribution is -0.138. The number of carbonyl (C=O) groups excluding carboxylic acids is 1. The number of rotatable bonds is 12. The highest BCUT2D eigenvalue weighted by Crippen LogP contribution is 2.40. The van der Waals surface area contributed by atoms with Crippen LogP contribution in [0.2, 0.25) is 0 Å². The number of ether oxygens (including phenoxy) is 1. The van der Waals surface area contributed by atoms with E-state index in [9.17, 15) is 4.79 Å². The molecule has 0 N–H and O–H groups in total. The maximum Gasteiger partial charge on any atom is 0.333 e. The van der Waals surface area contributed by atoms with Gasteiger partial charge in [-0.3, -0.25) is 0 Å². The Labute approximate surface area is 239 Å². The molecule has 1 aliphatic rings. The second-order valence-corrected chi connectivity index (χ2v) is 10.9. The molecule has 1 rings (SSSR count). The number of carbonyl (C=O) groups is 1. The first-order chi connectivity index (χ1) is 18.5. The van der Waals surface area contributed by atoms with E-state index in [4.69, 9.17) is 4.74 Å². The summed E-state index contributed by atoms with van der Waals surface area (Å²) < 4.78 is 4.97. The van der Waals surface area contributed by atoms with Gasteiger partial charge in [0.05, 0.1) is 6.61 Å². The quantitative estimate of drug-likeness (QED) is 0.144. The van der Waals surface area contributed by atoms with E-state index in [1.165, 1.54) is 41.6 Å². The zero-order valence-electron chi connectivity index (χ0n) is 25.8. The Kier molecular flexibility index (Phi) is 15.5. The monoisotopic (exact) mass is 526 g/mol. The Hall–Kier alpha value is -3.39. The molecule has 2 heteroatoms. The van der Waals surface area contributed by atoms with Crippen LogP contribution in [0.15, 0.2) is 130 Å². The summed E-state index contributed by atoms with van der Waals surface area (Å²) in [6.07, 6.45) is 34.9. The first kappa shape index (κ1) is 33.6. The Morgan fingerprint density at radius 2 is 1.21 bits per heavy atom. The van der Waals surface area contributed by atoms with Gasteiger partial charge >= 0.3 is 5.97 Å². The summed E-state index contributed by atoms with van der Waals surface area (Å²) in [5.74, 6) is -0.277. The van der Waals surface area contributed by atoms with Gasteiger partial charge in [-0.25, -0.2) is 4.79 Å². The van der Waals surface area contributed by atoms with E-state index in [0.717, 1.165) is 11.1 Å². The van der Waals surface area contributed by atoms with Gasteiger partial charge in [-0.05, 0) is 78.7 Å². The van der Waals surface area contributed by atoms with Crippen LogP contribution in [0, 0.1) is 5.41 Å². The molecule has 0 bridgehead atoms. The largest absolute Gasteiger partial charge is 0.463 e. The summed E-state index contributed by atoms with van der Waals surface area (Å²) >= 11 is 0. The molecule has 0 aromatic carbocycles. The number of hydrogen-bond acceptors (Lipinski definition) is 2. The minimum Gasteiger partial charge on any atom is -0.463 e. The summed E-state index contributed by atoms with van der Waals surface area (Å²) in [4.78, 5) is 11.6. The SMILES string of the molecule is CCOC(=O)/C(C)=C/C=C/C(C)=C/C=C/C(C)=C/C=C/C=C(C)/C=C/C=C(C)/C=C/C1=C(C)CCCC1(C)C. The molecule has 0 unspecified atom stereocenters. The van der Waals surface area contributed by atoms with E-state index in [0.29, 0.717) is 12.2 Å². The second-order valence-electron chi connectivity index (χ2n) is 10.9. The van der Waals surface area contributed by atoms with Crippen molar-refractivity contribution in [2.24, 2.45) is 5.41 Å². The Bertz CT molecular complexity index is 1160. The zero-order valence-corrected chi connectivity index (χ0v) is 25.8. The van der Waals surface area contributed by atoms with E-state index in [1.54, 1.807) is 19.9 Å². The fourth-order valence-corrected chi connectivity index (χ4v) is 4.22. The highest BCUT2D eigenvalue weighted by Gasteiger charge is 2.26. The van der Waals surface area contributed by atoms with Crippen molar-refractivity contribution in [2.75, 3.05) is 6.61 Å². The van der Waals surface area contributed by atoms with Gasteiger partial charge in [0.25, 0.3) is 0 Å². The van der Waals surface area contributed by atoms with Crippen LogP contribution >= 0.6 is 0 Å². The molecule has 0 aliphatic heterocycles. The molecule has 0 atom stereocenters. The lowest BCUT2D eigenvalue weighted by Crippen LogP contribution is -2.19. The maximum atomic E-state index is 11.6. The third-order valence-electron chi connectivity index (χ3n) is 6.62. The van der Waals surface area contributed by atoms with Crippen LogP contribution in [0.3, 0.4) is 0 Å². The van der Waals surface area contributed by atoms with Gasteiger partial charge in [0, 0.05) is 5.57 Å². The van der Waals surface area contributed by atoms with Gasteiger partial charge in [0.1, 0.15) is 0 Å². The van der Waals surface area contributed by atoms with Crippen LogP contribution < -0.4 is 0 Å². The minimum atomic E-state index is -0.277. The maximum absolute atomic E-state index is 11.6. The van der Waals surface area contributed by atoms with Crippen LogP contribution in [-0.2, 0) is 9.53 Å². The number of esters is 1. The third kappa shape index (κ3) is 14.4. The Balaban J connectivity index is 2.61. The Morgan fingerprint density at radius 3 is 1.69 bits per heavy atom. The smallest absolute Gasteiger partial charge is 0.333 e. The molecule has 0 amide bonds. The summed E-state index contributed by atoms with van der Waals surface area (Å²) in [5.41, 5.74) is 8.62. The van der Waals surface area contributed by atoms with Gasteiger partial charge in [0.2, 0.25) is 0 Å². The van der Waals surface area contributed by atoms with Crippen molar-refractivity contribution >= 4 is 5.97 Å². The normalized spacial score (nSPS) is 18.6. The first-order valence-corrected chi connectivity index (χ1v) is 14.1. The van der Waals surface area contributed by atoms with Crippen molar-refractivity contribution in [1.82, 2.24) is 0 Å². The second kappa shape index (κ2) is 18.0. The summed E-state index contributed by atoms with van der Waals surface area (Å²) in [7, 11) is 0. The van der Waals surface area contributed by atoms with Gasteiger partial charge in [-0.1, -0.05) is 133 Å². The van der Waals surface area contributed by atoms with Crippen LogP contribution in [0.5, 0.6) is 0 Å². The molecule has 39 heavy (non-hydrogen) atoms. The van der Waals surface area contributed by atoms with E-state index < -0.39 is 0 Å². The van der Waals surface area contributed by atoms with Crippen LogP contribution in [0.4, 0.5) is 0 Å². The van der Waals surface area contributed by atoms with Crippen molar-refractivity contribution < 1.29 is 9.53 Å². The first-order valence-electron chi connectivity index (χ1n) is 14.1. The molecule has 0 saturated carbocycles. The van der Waals surface area contributed by atoms with E-state index in [2.05, 4.69) is 102 Å². The predicted octanol–water partition coefficient (Wildman–Crippen LogP) is 10.6. The topological polar surface area (TPSA) is 26.3 Å². The van der Waals surface area contributed by atoms with Crippen molar-refractivity contribution in [3.05, 3.63) is 130 Å². The highest BCUT2D eigenvalue weighted by atomic mass is 16.5. The molecular formula is C37H50O2. The van der Waals surface area contributed by atoms with Gasteiger partial charge in [-0.2, -0.15) is 0 Å². The van der Waals surface area contributed by atoms with E-state index >= 15 is 0 Å². The van der Waals surface area contributed by atoms with E-state index in [-0.39, 0.29) is 11.4 Å². The molecule has 0 fully saturated rings. The zero-order chi connectivity index (χ0) is 29.3. The number of hydrogen-bond donors (Lipinski definition) is 0. The summed E-state index contributed by atoms with van der Waals surface area (Å²) in [5, 5.41) is 0. The van der Waals surface area contributed by atoms with Crippen molar-refractivity contribution in [1.29, 1.82) is 0 Å². The molecule has 0 heterocycles. The van der Waals surface area contributed by atoms with Gasteiger partial charge in [-0.15, -0.1) is 0 Å². The highest BCUT2D eigenvalue weighted by molar-refractivity contribution is 5.88. The predicted molar refractivity (Wildman–Crippen MR) is 171 cm³/mol. The Morgan fingerprint density at radius 1 is 0.744 bits per heavy atom. The third-order valence-corrected chi connectivity index (χ3v) is 6.62. The van der Waals surface area contributed by atoms with Gasteiger partial charge < -0.3 is 4.74 Å². The average molecular weight is 527 g/mol.